The molecule has 2 N–H and O–H groups in total. The van der Waals surface area contributed by atoms with E-state index in [4.69, 9.17) is 22.1 Å². The van der Waals surface area contributed by atoms with Crippen LogP contribution >= 0.6 is 11.6 Å². The predicted molar refractivity (Wildman–Crippen MR) is 95.7 cm³/mol. The largest absolute Gasteiger partial charge is 0.490 e. The Morgan fingerprint density at radius 1 is 1.36 bits per heavy atom. The number of benzene rings is 1. The van der Waals surface area contributed by atoms with Gasteiger partial charge in [0, 0.05) is 23.9 Å². The molecule has 3 rings (SSSR count). The number of aromatic nitrogens is 3. The molecular weight excluding hydrogens is 343 g/mol. The molecule has 1 atom stereocenters. The molecule has 1 radical (unpaired) electrons. The van der Waals surface area contributed by atoms with Crippen LogP contribution in [0, 0.1) is 18.8 Å². The summed E-state index contributed by atoms with van der Waals surface area (Å²) >= 11 is 5.98. The maximum absolute atomic E-state index is 13.9. The number of imidazole rings is 1. The van der Waals surface area contributed by atoms with Crippen molar-refractivity contribution in [1.29, 1.82) is 0 Å². The van der Waals surface area contributed by atoms with Crippen LogP contribution < -0.4 is 10.5 Å². The Balaban J connectivity index is 2.17. The molecule has 0 saturated carbocycles. The predicted octanol–water partition coefficient (Wildman–Crippen LogP) is 4.15. The van der Waals surface area contributed by atoms with Crippen molar-refractivity contribution in [2.24, 2.45) is 0 Å². The lowest BCUT2D eigenvalue weighted by Crippen LogP contribution is -2.11. The van der Waals surface area contributed by atoms with E-state index in [9.17, 15) is 4.39 Å². The first kappa shape index (κ1) is 17.5. The summed E-state index contributed by atoms with van der Waals surface area (Å²) in [4.78, 5) is 8.75. The highest BCUT2D eigenvalue weighted by Gasteiger charge is 2.23. The summed E-state index contributed by atoms with van der Waals surface area (Å²) in [6.45, 7) is 7.57. The summed E-state index contributed by atoms with van der Waals surface area (Å²) in [5.41, 5.74) is 8.22. The van der Waals surface area contributed by atoms with Gasteiger partial charge in [0.15, 0.2) is 5.82 Å². The third-order valence-corrected chi connectivity index (χ3v) is 4.24. The molecule has 25 heavy (non-hydrogen) atoms. The van der Waals surface area contributed by atoms with Gasteiger partial charge in [0.25, 0.3) is 0 Å². The van der Waals surface area contributed by atoms with Gasteiger partial charge in [-0.05, 0) is 26.8 Å². The average Bonchev–Trinajstić information content (AvgIpc) is 2.88. The van der Waals surface area contributed by atoms with Crippen LogP contribution in [0.25, 0.3) is 5.52 Å². The van der Waals surface area contributed by atoms with Gasteiger partial charge in [0.05, 0.1) is 22.9 Å². The molecule has 0 aliphatic carbocycles. The van der Waals surface area contributed by atoms with Gasteiger partial charge in [0.1, 0.15) is 22.9 Å². The van der Waals surface area contributed by atoms with E-state index >= 15 is 0 Å². The molecule has 2 aromatic heterocycles. The second-order valence-electron chi connectivity index (χ2n) is 6.19. The van der Waals surface area contributed by atoms with Crippen molar-refractivity contribution in [3.8, 4) is 5.75 Å². The Morgan fingerprint density at radius 2 is 2.08 bits per heavy atom. The van der Waals surface area contributed by atoms with Crippen LogP contribution in [0.5, 0.6) is 5.75 Å². The normalized spacial score (nSPS) is 12.8. The molecule has 3 aromatic rings. The number of hydrogen-bond donors (Lipinski definition) is 1. The molecule has 7 heteroatoms. The summed E-state index contributed by atoms with van der Waals surface area (Å²) < 4.78 is 21.5. The summed E-state index contributed by atoms with van der Waals surface area (Å²) in [7, 11) is 0. The number of nitrogen functional groups attached to an aromatic ring is 1. The van der Waals surface area contributed by atoms with Gasteiger partial charge in [-0.15, -0.1) is 0 Å². The van der Waals surface area contributed by atoms with Crippen molar-refractivity contribution >= 4 is 22.9 Å². The fourth-order valence-electron chi connectivity index (χ4n) is 2.86. The van der Waals surface area contributed by atoms with E-state index < -0.39 is 5.82 Å². The summed E-state index contributed by atoms with van der Waals surface area (Å²) in [5, 5.41) is -0.00304. The summed E-state index contributed by atoms with van der Waals surface area (Å²) in [5.74, 6) is 0.636. The highest BCUT2D eigenvalue weighted by Crippen LogP contribution is 2.36. The Hall–Kier alpha value is -2.34. The lowest BCUT2D eigenvalue weighted by atomic mass is 9.99. The third kappa shape index (κ3) is 3.14. The lowest BCUT2D eigenvalue weighted by Gasteiger charge is -2.19. The van der Waals surface area contributed by atoms with Crippen molar-refractivity contribution < 1.29 is 9.13 Å². The van der Waals surface area contributed by atoms with Gasteiger partial charge in [0.2, 0.25) is 0 Å². The van der Waals surface area contributed by atoms with Crippen LogP contribution in [-0.2, 0) is 0 Å². The molecule has 5 nitrogen and oxygen atoms in total. The van der Waals surface area contributed by atoms with Gasteiger partial charge < -0.3 is 10.5 Å². The minimum Gasteiger partial charge on any atom is -0.490 e. The molecule has 0 aliphatic rings. The number of aryl methyl sites for hydroxylation is 1. The highest BCUT2D eigenvalue weighted by atomic mass is 35.5. The first-order valence-electron chi connectivity index (χ1n) is 7.96. The summed E-state index contributed by atoms with van der Waals surface area (Å²) in [6.07, 6.45) is 3.30. The number of fused-ring (bicyclic) bond motifs is 1. The zero-order chi connectivity index (χ0) is 18.3. The molecule has 1 unspecified atom stereocenters. The molecule has 0 spiro atoms. The number of nitrogens with two attached hydrogens (primary N) is 1. The molecular formula is C18H19ClFN4O. The van der Waals surface area contributed by atoms with E-state index in [1.165, 1.54) is 0 Å². The molecule has 0 bridgehead atoms. The van der Waals surface area contributed by atoms with E-state index in [2.05, 4.69) is 16.0 Å². The second-order valence-corrected chi connectivity index (χ2v) is 6.60. The molecule has 131 valence electrons. The number of nitrogens with zero attached hydrogens (tertiary/aromatic N) is 3. The zero-order valence-electron chi connectivity index (χ0n) is 14.5. The van der Waals surface area contributed by atoms with E-state index in [0.717, 1.165) is 17.0 Å². The maximum atomic E-state index is 13.9. The van der Waals surface area contributed by atoms with E-state index in [1.54, 1.807) is 18.5 Å². The van der Waals surface area contributed by atoms with Gasteiger partial charge in [-0.25, -0.2) is 14.4 Å². The molecule has 0 aliphatic heterocycles. The molecule has 0 fully saturated rings. The monoisotopic (exact) mass is 361 g/mol. The Bertz CT molecular complexity index is 938. The van der Waals surface area contributed by atoms with E-state index in [0.29, 0.717) is 17.1 Å². The number of anilines is 1. The molecule has 1 aromatic carbocycles. The Kier molecular flexibility index (Phi) is 4.56. The fourth-order valence-corrected chi connectivity index (χ4v) is 3.03. The van der Waals surface area contributed by atoms with Crippen LogP contribution in [0.1, 0.15) is 43.8 Å². The van der Waals surface area contributed by atoms with Crippen LogP contribution in [0.4, 0.5) is 10.2 Å². The smallest absolute Gasteiger partial charge is 0.153 e. The Morgan fingerprint density at radius 3 is 2.76 bits per heavy atom. The minimum absolute atomic E-state index is 0.00304. The number of rotatable bonds is 4. The quantitative estimate of drug-likeness (QED) is 0.758. The standard InChI is InChI=1S/C18H19ClFN4O/c1-9(2)25-15-8-14(20)13(19)7-12(15)10(3)18-23-11(4)16-17(21)22-5-6-24(16)18/h5-7,9-10H,1-4H3,(H2,21,22). The zero-order valence-corrected chi connectivity index (χ0v) is 15.2. The van der Waals surface area contributed by atoms with Crippen molar-refractivity contribution in [3.05, 3.63) is 52.4 Å². The topological polar surface area (TPSA) is 65.4 Å². The van der Waals surface area contributed by atoms with Crippen LogP contribution in [-0.4, -0.2) is 20.5 Å². The molecule has 2 heterocycles. The van der Waals surface area contributed by atoms with Crippen molar-refractivity contribution in [3.63, 3.8) is 0 Å². The fraction of sp³-hybridized carbons (Fsp3) is 0.333. The third-order valence-electron chi connectivity index (χ3n) is 3.97. The van der Waals surface area contributed by atoms with Crippen LogP contribution in [0.3, 0.4) is 0 Å². The SMILES string of the molecule is Cc1nc(C(C)c2cc(Cl)c(F)[c]c2OC(C)C)n2ccnc(N)c12. The van der Waals surface area contributed by atoms with E-state index in [1.807, 2.05) is 32.1 Å². The summed E-state index contributed by atoms with van der Waals surface area (Å²) in [6, 6.07) is 4.16. The van der Waals surface area contributed by atoms with Crippen molar-refractivity contribution in [1.82, 2.24) is 14.4 Å². The second kappa shape index (κ2) is 6.52. The highest BCUT2D eigenvalue weighted by molar-refractivity contribution is 6.30. The van der Waals surface area contributed by atoms with Crippen molar-refractivity contribution in [2.75, 3.05) is 5.73 Å². The van der Waals surface area contributed by atoms with Gasteiger partial charge >= 0.3 is 0 Å². The first-order chi connectivity index (χ1) is 11.8. The Labute approximate surface area is 150 Å². The molecule has 0 saturated heterocycles. The van der Waals surface area contributed by atoms with Gasteiger partial charge in [-0.2, -0.15) is 0 Å². The van der Waals surface area contributed by atoms with Crippen LogP contribution in [0.15, 0.2) is 18.5 Å². The van der Waals surface area contributed by atoms with Gasteiger partial charge in [-0.3, -0.25) is 4.40 Å². The van der Waals surface area contributed by atoms with Crippen LogP contribution in [0.2, 0.25) is 5.02 Å². The average molecular weight is 362 g/mol. The van der Waals surface area contributed by atoms with E-state index in [-0.39, 0.29) is 17.0 Å². The first-order valence-corrected chi connectivity index (χ1v) is 8.34. The number of hydrogen-bond acceptors (Lipinski definition) is 4. The minimum atomic E-state index is -0.633. The maximum Gasteiger partial charge on any atom is 0.153 e. The number of halogens is 2. The molecule has 0 amide bonds. The van der Waals surface area contributed by atoms with Gasteiger partial charge in [-0.1, -0.05) is 18.5 Å². The lowest BCUT2D eigenvalue weighted by molar-refractivity contribution is 0.237. The van der Waals surface area contributed by atoms with Crippen molar-refractivity contribution in [2.45, 2.75) is 39.7 Å². The number of ether oxygens (including phenoxy) is 1.